The molecule has 0 spiro atoms. The first kappa shape index (κ1) is 18.0. The van der Waals surface area contributed by atoms with Gasteiger partial charge in [-0.2, -0.15) is 0 Å². The fraction of sp³-hybridized carbons (Fsp3) is 0.286. The van der Waals surface area contributed by atoms with Gasteiger partial charge in [0.25, 0.3) is 5.91 Å². The summed E-state index contributed by atoms with van der Waals surface area (Å²) < 4.78 is 12.7. The molecule has 1 amide bonds. The molecule has 1 aromatic carbocycles. The van der Waals surface area contributed by atoms with Gasteiger partial charge in [0, 0.05) is 36.3 Å². The lowest BCUT2D eigenvalue weighted by atomic mass is 10.1. The SMILES string of the molecule is COCCN(Cc1ccco1)C(=O)c1ccc(-n2c(C)ccc2C)cc1. The van der Waals surface area contributed by atoms with Crippen molar-refractivity contribution < 1.29 is 13.9 Å². The molecule has 26 heavy (non-hydrogen) atoms. The van der Waals surface area contributed by atoms with Crippen LogP contribution in [0.2, 0.25) is 0 Å². The van der Waals surface area contributed by atoms with E-state index in [9.17, 15) is 4.79 Å². The molecule has 3 aromatic rings. The van der Waals surface area contributed by atoms with Gasteiger partial charge in [-0.3, -0.25) is 4.79 Å². The zero-order chi connectivity index (χ0) is 18.5. The lowest BCUT2D eigenvalue weighted by molar-refractivity contribution is 0.0666. The average Bonchev–Trinajstić information content (AvgIpc) is 3.28. The van der Waals surface area contributed by atoms with Gasteiger partial charge in [-0.15, -0.1) is 0 Å². The molecule has 0 unspecified atom stereocenters. The molecule has 0 aliphatic heterocycles. The van der Waals surface area contributed by atoms with Crippen molar-refractivity contribution in [1.29, 1.82) is 0 Å². The molecule has 0 bridgehead atoms. The molecular formula is C21H24N2O3. The summed E-state index contributed by atoms with van der Waals surface area (Å²) in [6.07, 6.45) is 1.62. The van der Waals surface area contributed by atoms with Crippen LogP contribution in [-0.2, 0) is 11.3 Å². The minimum absolute atomic E-state index is 0.0362. The van der Waals surface area contributed by atoms with Crippen molar-refractivity contribution in [3.8, 4) is 5.69 Å². The Morgan fingerprint density at radius 3 is 2.35 bits per heavy atom. The van der Waals surface area contributed by atoms with Crippen molar-refractivity contribution >= 4 is 5.91 Å². The van der Waals surface area contributed by atoms with E-state index < -0.39 is 0 Å². The molecule has 2 aromatic heterocycles. The van der Waals surface area contributed by atoms with Crippen LogP contribution in [0.25, 0.3) is 5.69 Å². The first-order valence-corrected chi connectivity index (χ1v) is 8.66. The maximum Gasteiger partial charge on any atom is 0.254 e. The highest BCUT2D eigenvalue weighted by atomic mass is 16.5. The number of aromatic nitrogens is 1. The van der Waals surface area contributed by atoms with Crippen molar-refractivity contribution in [3.63, 3.8) is 0 Å². The number of methoxy groups -OCH3 is 1. The summed E-state index contributed by atoms with van der Waals surface area (Å²) in [5, 5.41) is 0. The van der Waals surface area contributed by atoms with E-state index in [2.05, 4.69) is 30.5 Å². The lowest BCUT2D eigenvalue weighted by Gasteiger charge is -2.21. The Morgan fingerprint density at radius 1 is 1.08 bits per heavy atom. The van der Waals surface area contributed by atoms with Gasteiger partial charge in [-0.25, -0.2) is 0 Å². The maximum atomic E-state index is 12.9. The number of carbonyl (C=O) groups is 1. The predicted octanol–water partition coefficient (Wildman–Crippen LogP) is 3.98. The van der Waals surface area contributed by atoms with E-state index in [1.165, 1.54) is 11.4 Å². The lowest BCUT2D eigenvalue weighted by Crippen LogP contribution is -2.33. The van der Waals surface area contributed by atoms with Gasteiger partial charge in [0.05, 0.1) is 19.4 Å². The van der Waals surface area contributed by atoms with Crippen molar-refractivity contribution in [2.45, 2.75) is 20.4 Å². The number of furan rings is 1. The summed E-state index contributed by atoms with van der Waals surface area (Å²) in [6.45, 7) is 5.55. The molecule has 3 rings (SSSR count). The topological polar surface area (TPSA) is 47.6 Å². The zero-order valence-electron chi connectivity index (χ0n) is 15.4. The summed E-state index contributed by atoms with van der Waals surface area (Å²) in [7, 11) is 1.63. The summed E-state index contributed by atoms with van der Waals surface area (Å²) in [5.41, 5.74) is 4.04. The summed E-state index contributed by atoms with van der Waals surface area (Å²) in [5.74, 6) is 0.718. The highest BCUT2D eigenvalue weighted by Gasteiger charge is 2.17. The van der Waals surface area contributed by atoms with Gasteiger partial charge in [0.2, 0.25) is 0 Å². The number of rotatable bonds is 7. The highest BCUT2D eigenvalue weighted by Crippen LogP contribution is 2.18. The zero-order valence-corrected chi connectivity index (χ0v) is 15.4. The standard InChI is InChI=1S/C21H24N2O3/c1-16-6-7-17(2)23(16)19-10-8-18(9-11-19)21(24)22(12-14-25-3)15-20-5-4-13-26-20/h4-11,13H,12,14-15H2,1-3H3. The minimum atomic E-state index is -0.0362. The van der Waals surface area contributed by atoms with E-state index in [0.717, 1.165) is 11.4 Å². The van der Waals surface area contributed by atoms with Crippen LogP contribution in [-0.4, -0.2) is 35.6 Å². The average molecular weight is 352 g/mol. The molecule has 0 saturated heterocycles. The second-order valence-electron chi connectivity index (χ2n) is 6.30. The van der Waals surface area contributed by atoms with E-state index in [-0.39, 0.29) is 5.91 Å². The number of nitrogens with zero attached hydrogens (tertiary/aromatic N) is 2. The fourth-order valence-corrected chi connectivity index (χ4v) is 3.06. The van der Waals surface area contributed by atoms with E-state index >= 15 is 0 Å². The van der Waals surface area contributed by atoms with E-state index in [1.807, 2.05) is 36.4 Å². The van der Waals surface area contributed by atoms with Crippen molar-refractivity contribution in [2.24, 2.45) is 0 Å². The van der Waals surface area contributed by atoms with E-state index in [4.69, 9.17) is 9.15 Å². The number of aryl methyl sites for hydroxylation is 2. The molecule has 5 nitrogen and oxygen atoms in total. The van der Waals surface area contributed by atoms with E-state index in [0.29, 0.717) is 25.3 Å². The Balaban J connectivity index is 1.80. The third-order valence-electron chi connectivity index (χ3n) is 4.42. The van der Waals surface area contributed by atoms with Crippen LogP contribution in [0, 0.1) is 13.8 Å². The molecule has 2 heterocycles. The van der Waals surface area contributed by atoms with Gasteiger partial charge in [-0.05, 0) is 62.4 Å². The Labute approximate surface area is 153 Å². The van der Waals surface area contributed by atoms with Crippen molar-refractivity contribution in [1.82, 2.24) is 9.47 Å². The minimum Gasteiger partial charge on any atom is -0.467 e. The van der Waals surface area contributed by atoms with Crippen molar-refractivity contribution in [3.05, 3.63) is 77.5 Å². The molecule has 0 fully saturated rings. The van der Waals surface area contributed by atoms with Crippen LogP contribution >= 0.6 is 0 Å². The van der Waals surface area contributed by atoms with Gasteiger partial charge < -0.3 is 18.6 Å². The maximum absolute atomic E-state index is 12.9. The van der Waals surface area contributed by atoms with Gasteiger partial charge in [0.1, 0.15) is 5.76 Å². The normalized spacial score (nSPS) is 10.9. The Bertz CT molecular complexity index is 829. The van der Waals surface area contributed by atoms with Gasteiger partial charge in [0.15, 0.2) is 0 Å². The molecule has 0 atom stereocenters. The quantitative estimate of drug-likeness (QED) is 0.646. The number of hydrogen-bond donors (Lipinski definition) is 0. The fourth-order valence-electron chi connectivity index (χ4n) is 3.06. The van der Waals surface area contributed by atoms with E-state index in [1.54, 1.807) is 18.3 Å². The number of hydrogen-bond acceptors (Lipinski definition) is 3. The summed E-state index contributed by atoms with van der Waals surface area (Å²) in [6, 6.07) is 15.6. The third kappa shape index (κ3) is 3.89. The molecule has 5 heteroatoms. The summed E-state index contributed by atoms with van der Waals surface area (Å²) in [4.78, 5) is 14.7. The van der Waals surface area contributed by atoms with Gasteiger partial charge >= 0.3 is 0 Å². The van der Waals surface area contributed by atoms with Crippen LogP contribution in [0.1, 0.15) is 27.5 Å². The van der Waals surface area contributed by atoms with Crippen LogP contribution < -0.4 is 0 Å². The first-order valence-electron chi connectivity index (χ1n) is 8.66. The van der Waals surface area contributed by atoms with Crippen LogP contribution in [0.15, 0.2) is 59.2 Å². The molecule has 0 aliphatic carbocycles. The molecule has 136 valence electrons. The molecule has 0 aliphatic rings. The number of ether oxygens (including phenoxy) is 1. The van der Waals surface area contributed by atoms with Crippen LogP contribution in [0.4, 0.5) is 0 Å². The second-order valence-corrected chi connectivity index (χ2v) is 6.30. The largest absolute Gasteiger partial charge is 0.467 e. The second kappa shape index (κ2) is 8.06. The predicted molar refractivity (Wildman–Crippen MR) is 101 cm³/mol. The van der Waals surface area contributed by atoms with Crippen LogP contribution in [0.3, 0.4) is 0 Å². The number of benzene rings is 1. The Morgan fingerprint density at radius 2 is 1.77 bits per heavy atom. The Hall–Kier alpha value is -2.79. The van der Waals surface area contributed by atoms with Crippen molar-refractivity contribution in [2.75, 3.05) is 20.3 Å². The van der Waals surface area contributed by atoms with Crippen LogP contribution in [0.5, 0.6) is 0 Å². The molecular weight excluding hydrogens is 328 g/mol. The van der Waals surface area contributed by atoms with Gasteiger partial charge in [-0.1, -0.05) is 0 Å². The monoisotopic (exact) mass is 352 g/mol. The first-order chi connectivity index (χ1) is 12.6. The molecule has 0 radical (unpaired) electrons. The Kier molecular flexibility index (Phi) is 5.58. The molecule has 0 saturated carbocycles. The number of carbonyl (C=O) groups excluding carboxylic acids is 1. The number of amides is 1. The molecule has 0 N–H and O–H groups in total. The third-order valence-corrected chi connectivity index (χ3v) is 4.42. The highest BCUT2D eigenvalue weighted by molar-refractivity contribution is 5.94. The summed E-state index contributed by atoms with van der Waals surface area (Å²) >= 11 is 0. The smallest absolute Gasteiger partial charge is 0.254 e.